The van der Waals surface area contributed by atoms with Crippen molar-refractivity contribution in [1.82, 2.24) is 0 Å². The van der Waals surface area contributed by atoms with E-state index in [4.69, 9.17) is 0 Å². The van der Waals surface area contributed by atoms with Crippen LogP contribution in [0.25, 0.3) is 0 Å². The zero-order valence-electron chi connectivity index (χ0n) is 9.87. The summed E-state index contributed by atoms with van der Waals surface area (Å²) in [5.41, 5.74) is 1.51. The van der Waals surface area contributed by atoms with E-state index >= 15 is 0 Å². The van der Waals surface area contributed by atoms with Crippen molar-refractivity contribution in [3.63, 3.8) is 0 Å². The Morgan fingerprint density at radius 2 is 1.47 bits per heavy atom. The van der Waals surface area contributed by atoms with Crippen LogP contribution in [0.5, 0.6) is 0 Å². The van der Waals surface area contributed by atoms with Crippen molar-refractivity contribution in [3.8, 4) is 0 Å². The van der Waals surface area contributed by atoms with Crippen molar-refractivity contribution >= 4 is 37.6 Å². The minimum atomic E-state index is -0.0415. The molecule has 81 valence electrons. The quantitative estimate of drug-likeness (QED) is 0.581. The lowest BCUT2D eigenvalue weighted by Crippen LogP contribution is -2.15. The van der Waals surface area contributed by atoms with E-state index in [1.54, 1.807) is 0 Å². The van der Waals surface area contributed by atoms with Crippen LogP contribution >= 0.6 is 23.9 Å². The van der Waals surface area contributed by atoms with Crippen LogP contribution in [0.4, 0.5) is 0 Å². The fourth-order valence-corrected chi connectivity index (χ4v) is 5.60. The van der Waals surface area contributed by atoms with Gasteiger partial charge in [0.05, 0.1) is 0 Å². The third-order valence-electron chi connectivity index (χ3n) is 2.24. The molecule has 0 N–H and O–H groups in total. The van der Waals surface area contributed by atoms with Gasteiger partial charge < -0.3 is 0 Å². The molecule has 0 fully saturated rings. The molecule has 1 rings (SSSR count). The van der Waals surface area contributed by atoms with Gasteiger partial charge in [-0.25, -0.2) is 0 Å². The Hall–Kier alpha value is 0.195. The minimum absolute atomic E-state index is 0. The summed E-state index contributed by atoms with van der Waals surface area (Å²) in [5.74, 6) is 0. The Labute approximate surface area is 105 Å². The molecule has 0 bridgehead atoms. The Morgan fingerprint density at radius 3 is 1.87 bits per heavy atom. The molecule has 0 aliphatic heterocycles. The summed E-state index contributed by atoms with van der Waals surface area (Å²) in [6.07, 6.45) is 0. The summed E-state index contributed by atoms with van der Waals surface area (Å²) in [6.45, 7) is 9.30. The third-order valence-corrected chi connectivity index (χ3v) is 6.41. The number of rotatable bonds is 3. The molecule has 3 radical (unpaired) electrons. The molecule has 0 aliphatic carbocycles. The fraction of sp³-hybridized carbons (Fsp3) is 0.500. The molecule has 0 aromatic heterocycles. The van der Waals surface area contributed by atoms with Gasteiger partial charge in [0.15, 0.2) is 0 Å². The van der Waals surface area contributed by atoms with Gasteiger partial charge in [0, 0.05) is 12.9 Å². The lowest BCUT2D eigenvalue weighted by molar-refractivity contribution is 1.02. The van der Waals surface area contributed by atoms with Crippen molar-refractivity contribution in [2.24, 2.45) is 0 Å². The van der Waals surface area contributed by atoms with Gasteiger partial charge >= 0.3 is 0 Å². The van der Waals surface area contributed by atoms with Crippen molar-refractivity contribution in [2.75, 3.05) is 0 Å². The molecule has 1 aromatic rings. The predicted molar refractivity (Wildman–Crippen MR) is 76.7 cm³/mol. The zero-order valence-corrected chi connectivity index (χ0v) is 12.3. The first-order chi connectivity index (χ1) is 6.54. The molecule has 0 heterocycles. The molecule has 3 heteroatoms. The Balaban J connectivity index is 0.00000196. The highest BCUT2D eigenvalue weighted by molar-refractivity contribution is 9.10. The molecule has 0 saturated carbocycles. The molecular formula is C12H18BBrP. The van der Waals surface area contributed by atoms with Crippen molar-refractivity contribution in [3.05, 3.63) is 28.7 Å². The zero-order chi connectivity index (χ0) is 10.7. The summed E-state index contributed by atoms with van der Waals surface area (Å²) in [7, 11) is -0.0415. The summed E-state index contributed by atoms with van der Waals surface area (Å²) in [5, 5.41) is 1.51. The SMILES string of the molecule is CC(C)P(c1ccccc1Br)C(C)C.[B]. The van der Waals surface area contributed by atoms with E-state index in [1.807, 2.05) is 0 Å². The van der Waals surface area contributed by atoms with E-state index in [2.05, 4.69) is 67.9 Å². The Bertz CT molecular complexity index is 291. The first kappa shape index (κ1) is 15.2. The van der Waals surface area contributed by atoms with Crippen LogP contribution < -0.4 is 5.30 Å². The number of halogens is 1. The first-order valence-electron chi connectivity index (χ1n) is 5.07. The van der Waals surface area contributed by atoms with E-state index in [1.165, 1.54) is 9.78 Å². The lowest BCUT2D eigenvalue weighted by Gasteiger charge is -2.27. The van der Waals surface area contributed by atoms with Crippen LogP contribution in [-0.4, -0.2) is 19.7 Å². The molecule has 1 aromatic carbocycles. The van der Waals surface area contributed by atoms with Crippen LogP contribution in [0.1, 0.15) is 27.7 Å². The third kappa shape index (κ3) is 3.92. The molecule has 0 spiro atoms. The highest BCUT2D eigenvalue weighted by Crippen LogP contribution is 2.46. The molecular weight excluding hydrogens is 266 g/mol. The fourth-order valence-electron chi connectivity index (χ4n) is 1.81. The smallest absolute Gasteiger partial charge is 0.0252 e. The van der Waals surface area contributed by atoms with Gasteiger partial charge in [0.2, 0.25) is 0 Å². The van der Waals surface area contributed by atoms with Crippen LogP contribution in [0.2, 0.25) is 0 Å². The highest BCUT2D eigenvalue weighted by atomic mass is 79.9. The van der Waals surface area contributed by atoms with E-state index in [0.29, 0.717) is 0 Å². The van der Waals surface area contributed by atoms with E-state index in [9.17, 15) is 0 Å². The molecule has 15 heavy (non-hydrogen) atoms. The summed E-state index contributed by atoms with van der Waals surface area (Å²) >= 11 is 3.65. The van der Waals surface area contributed by atoms with Crippen molar-refractivity contribution in [2.45, 2.75) is 39.0 Å². The van der Waals surface area contributed by atoms with Gasteiger partial charge in [-0.3, -0.25) is 0 Å². The van der Waals surface area contributed by atoms with Gasteiger partial charge in [0.25, 0.3) is 0 Å². The average Bonchev–Trinajstić information content (AvgIpc) is 2.07. The van der Waals surface area contributed by atoms with Crippen molar-refractivity contribution in [1.29, 1.82) is 0 Å². The molecule has 0 amide bonds. The summed E-state index contributed by atoms with van der Waals surface area (Å²) < 4.78 is 1.27. The van der Waals surface area contributed by atoms with Gasteiger partial charge in [0.1, 0.15) is 0 Å². The molecule has 0 unspecified atom stereocenters. The minimum Gasteiger partial charge on any atom is -0.0688 e. The monoisotopic (exact) mass is 283 g/mol. The van der Waals surface area contributed by atoms with Gasteiger partial charge in [-0.1, -0.05) is 69.7 Å². The van der Waals surface area contributed by atoms with Crippen LogP contribution in [-0.2, 0) is 0 Å². The maximum absolute atomic E-state index is 3.65. The average molecular weight is 284 g/mol. The second-order valence-electron chi connectivity index (χ2n) is 4.05. The topological polar surface area (TPSA) is 0 Å². The Morgan fingerprint density at radius 1 is 1.00 bits per heavy atom. The second-order valence-corrected chi connectivity index (χ2v) is 8.26. The lowest BCUT2D eigenvalue weighted by atomic mass is 10.4. The number of benzene rings is 1. The van der Waals surface area contributed by atoms with Gasteiger partial charge in [-0.05, 0) is 22.7 Å². The highest BCUT2D eigenvalue weighted by Gasteiger charge is 2.20. The largest absolute Gasteiger partial charge is 0.0688 e. The van der Waals surface area contributed by atoms with Crippen LogP contribution in [0.3, 0.4) is 0 Å². The first-order valence-corrected chi connectivity index (χ1v) is 7.34. The number of hydrogen-bond donors (Lipinski definition) is 0. The van der Waals surface area contributed by atoms with E-state index in [-0.39, 0.29) is 16.3 Å². The van der Waals surface area contributed by atoms with Crippen molar-refractivity contribution < 1.29 is 0 Å². The summed E-state index contributed by atoms with van der Waals surface area (Å²) in [6, 6.07) is 8.63. The number of hydrogen-bond acceptors (Lipinski definition) is 0. The predicted octanol–water partition coefficient (Wildman–Crippen LogP) is 3.99. The van der Waals surface area contributed by atoms with E-state index < -0.39 is 0 Å². The maximum atomic E-state index is 3.65. The summed E-state index contributed by atoms with van der Waals surface area (Å²) in [4.78, 5) is 0. The van der Waals surface area contributed by atoms with Gasteiger partial charge in [-0.2, -0.15) is 0 Å². The normalized spacial score (nSPS) is 10.9. The second kappa shape index (κ2) is 6.71. The maximum Gasteiger partial charge on any atom is 0.0252 e. The molecule has 0 nitrogen and oxygen atoms in total. The van der Waals surface area contributed by atoms with E-state index in [0.717, 1.165) is 11.3 Å². The molecule has 0 aliphatic rings. The standard InChI is InChI=1S/C12H18BrP.B/c1-9(2)14(10(3)4)12-8-6-5-7-11(12)13;/h5-10H,1-4H3;. The van der Waals surface area contributed by atoms with Crippen LogP contribution in [0.15, 0.2) is 28.7 Å². The molecule has 0 saturated heterocycles. The van der Waals surface area contributed by atoms with Crippen LogP contribution in [0, 0.1) is 0 Å². The Kier molecular flexibility index (Phi) is 6.79. The van der Waals surface area contributed by atoms with Gasteiger partial charge in [-0.15, -0.1) is 0 Å². The molecule has 0 atom stereocenters.